The van der Waals surface area contributed by atoms with Crippen molar-refractivity contribution < 1.29 is 24.1 Å². The van der Waals surface area contributed by atoms with E-state index in [9.17, 15) is 4.79 Å². The van der Waals surface area contributed by atoms with E-state index in [-0.39, 0.29) is 28.5 Å². The Morgan fingerprint density at radius 2 is 1.94 bits per heavy atom. The summed E-state index contributed by atoms with van der Waals surface area (Å²) in [6.07, 6.45) is 0. The third kappa shape index (κ3) is 2.35. The van der Waals surface area contributed by atoms with Crippen LogP contribution in [0.3, 0.4) is 0 Å². The predicted octanol–water partition coefficient (Wildman–Crippen LogP) is 1.38. The number of carboxylic acids is 1. The molecule has 0 aliphatic rings. The summed E-state index contributed by atoms with van der Waals surface area (Å²) in [6, 6.07) is 1.33. The van der Waals surface area contributed by atoms with Crippen LogP contribution in [0.4, 0.5) is 5.69 Å². The molecule has 3 N–H and O–H groups in total. The number of carboxylic acid groups (broad SMARTS) is 1. The standard InChI is InChI=1S/C11H15NO5/c1-4-17-7-5-6(11(13)14)9(15-2)8(12)10(7)16-3/h5H,4,12H2,1-3H3,(H,13,14). The van der Waals surface area contributed by atoms with Crippen LogP contribution in [0, 0.1) is 0 Å². The highest BCUT2D eigenvalue weighted by Crippen LogP contribution is 2.42. The second-order valence-corrected chi connectivity index (χ2v) is 3.14. The quantitative estimate of drug-likeness (QED) is 0.757. The van der Waals surface area contributed by atoms with Crippen LogP contribution in [0.5, 0.6) is 17.2 Å². The van der Waals surface area contributed by atoms with Crippen LogP contribution < -0.4 is 19.9 Å². The molecule has 0 saturated heterocycles. The molecule has 17 heavy (non-hydrogen) atoms. The van der Waals surface area contributed by atoms with Crippen molar-refractivity contribution >= 4 is 11.7 Å². The molecule has 0 amide bonds. The number of ether oxygens (including phenoxy) is 3. The van der Waals surface area contributed by atoms with Gasteiger partial charge in [0.2, 0.25) is 0 Å². The van der Waals surface area contributed by atoms with E-state index in [1.54, 1.807) is 6.92 Å². The first kappa shape index (κ1) is 13.0. The van der Waals surface area contributed by atoms with Crippen molar-refractivity contribution in [2.75, 3.05) is 26.6 Å². The summed E-state index contributed by atoms with van der Waals surface area (Å²) in [4.78, 5) is 11.1. The van der Waals surface area contributed by atoms with E-state index in [4.69, 9.17) is 25.1 Å². The minimum absolute atomic E-state index is 0.0609. The summed E-state index contributed by atoms with van der Waals surface area (Å²) in [5.41, 5.74) is 5.83. The molecular weight excluding hydrogens is 226 g/mol. The van der Waals surface area contributed by atoms with Crippen LogP contribution in [0.25, 0.3) is 0 Å². The van der Waals surface area contributed by atoms with E-state index < -0.39 is 5.97 Å². The third-order valence-electron chi connectivity index (χ3n) is 2.17. The number of methoxy groups -OCH3 is 2. The van der Waals surface area contributed by atoms with Gasteiger partial charge in [0.25, 0.3) is 0 Å². The van der Waals surface area contributed by atoms with Gasteiger partial charge in [-0.05, 0) is 6.92 Å². The fourth-order valence-electron chi connectivity index (χ4n) is 1.50. The number of hydrogen-bond acceptors (Lipinski definition) is 5. The maximum Gasteiger partial charge on any atom is 0.339 e. The van der Waals surface area contributed by atoms with Gasteiger partial charge in [-0.3, -0.25) is 0 Å². The summed E-state index contributed by atoms with van der Waals surface area (Å²) >= 11 is 0. The molecule has 0 heterocycles. The Kier molecular flexibility index (Phi) is 4.03. The molecule has 0 spiro atoms. The molecule has 1 aromatic rings. The molecule has 0 bridgehead atoms. The van der Waals surface area contributed by atoms with E-state index in [1.807, 2.05) is 0 Å². The lowest BCUT2D eigenvalue weighted by molar-refractivity contribution is 0.0693. The molecular formula is C11H15NO5. The van der Waals surface area contributed by atoms with Gasteiger partial charge in [-0.1, -0.05) is 0 Å². The van der Waals surface area contributed by atoms with Crippen LogP contribution in [-0.2, 0) is 0 Å². The van der Waals surface area contributed by atoms with E-state index in [0.717, 1.165) is 0 Å². The number of hydrogen-bond donors (Lipinski definition) is 2. The lowest BCUT2D eigenvalue weighted by Gasteiger charge is -2.16. The zero-order valence-corrected chi connectivity index (χ0v) is 9.94. The average Bonchev–Trinajstić information content (AvgIpc) is 2.29. The topological polar surface area (TPSA) is 91.0 Å². The van der Waals surface area contributed by atoms with Crippen molar-refractivity contribution in [3.8, 4) is 17.2 Å². The van der Waals surface area contributed by atoms with Crippen molar-refractivity contribution in [2.24, 2.45) is 0 Å². The molecule has 1 rings (SSSR count). The van der Waals surface area contributed by atoms with Gasteiger partial charge in [0.1, 0.15) is 11.3 Å². The molecule has 6 heteroatoms. The lowest BCUT2D eigenvalue weighted by Crippen LogP contribution is -2.07. The number of rotatable bonds is 5. The van der Waals surface area contributed by atoms with E-state index in [1.165, 1.54) is 20.3 Å². The first-order chi connectivity index (χ1) is 8.06. The summed E-state index contributed by atoms with van der Waals surface area (Å²) in [6.45, 7) is 2.15. The van der Waals surface area contributed by atoms with Crippen molar-refractivity contribution in [1.29, 1.82) is 0 Å². The summed E-state index contributed by atoms with van der Waals surface area (Å²) in [5.74, 6) is -0.519. The highest BCUT2D eigenvalue weighted by molar-refractivity contribution is 5.95. The Balaban J connectivity index is 3.48. The highest BCUT2D eigenvalue weighted by atomic mass is 16.5. The Labute approximate surface area is 98.9 Å². The molecule has 1 aromatic carbocycles. The zero-order chi connectivity index (χ0) is 13.0. The van der Waals surface area contributed by atoms with Gasteiger partial charge in [0, 0.05) is 6.07 Å². The molecule has 0 atom stereocenters. The number of aromatic carboxylic acids is 1. The Morgan fingerprint density at radius 1 is 1.35 bits per heavy atom. The van der Waals surface area contributed by atoms with E-state index in [2.05, 4.69) is 0 Å². The maximum absolute atomic E-state index is 11.1. The van der Waals surface area contributed by atoms with Gasteiger partial charge < -0.3 is 25.1 Å². The predicted molar refractivity (Wildman–Crippen MR) is 62.1 cm³/mol. The SMILES string of the molecule is CCOc1cc(C(=O)O)c(OC)c(N)c1OC. The Morgan fingerprint density at radius 3 is 2.35 bits per heavy atom. The first-order valence-electron chi connectivity index (χ1n) is 4.97. The fraction of sp³-hybridized carbons (Fsp3) is 0.364. The summed E-state index contributed by atoms with van der Waals surface area (Å²) in [7, 11) is 2.77. The van der Waals surface area contributed by atoms with Crippen molar-refractivity contribution in [2.45, 2.75) is 6.92 Å². The highest BCUT2D eigenvalue weighted by Gasteiger charge is 2.22. The zero-order valence-electron chi connectivity index (χ0n) is 9.94. The number of nitrogens with two attached hydrogens (primary N) is 1. The van der Waals surface area contributed by atoms with Crippen LogP contribution in [-0.4, -0.2) is 31.9 Å². The molecule has 94 valence electrons. The monoisotopic (exact) mass is 241 g/mol. The molecule has 0 aliphatic carbocycles. The first-order valence-corrected chi connectivity index (χ1v) is 4.97. The number of nitrogen functional groups attached to an aromatic ring is 1. The third-order valence-corrected chi connectivity index (χ3v) is 2.17. The molecule has 6 nitrogen and oxygen atoms in total. The van der Waals surface area contributed by atoms with Gasteiger partial charge in [-0.15, -0.1) is 0 Å². The molecule has 0 saturated carbocycles. The second-order valence-electron chi connectivity index (χ2n) is 3.14. The molecule has 0 aromatic heterocycles. The summed E-state index contributed by atoms with van der Waals surface area (Å²) in [5, 5.41) is 9.05. The van der Waals surface area contributed by atoms with Crippen LogP contribution in [0.2, 0.25) is 0 Å². The van der Waals surface area contributed by atoms with Gasteiger partial charge in [0.15, 0.2) is 17.2 Å². The Bertz CT molecular complexity index is 430. The molecule has 0 fully saturated rings. The maximum atomic E-state index is 11.1. The van der Waals surface area contributed by atoms with Gasteiger partial charge in [0.05, 0.1) is 20.8 Å². The molecule has 0 unspecified atom stereocenters. The fourth-order valence-corrected chi connectivity index (χ4v) is 1.50. The largest absolute Gasteiger partial charge is 0.494 e. The lowest BCUT2D eigenvalue weighted by atomic mass is 10.1. The average molecular weight is 241 g/mol. The minimum Gasteiger partial charge on any atom is -0.494 e. The van der Waals surface area contributed by atoms with Gasteiger partial charge in [-0.2, -0.15) is 0 Å². The van der Waals surface area contributed by atoms with Crippen LogP contribution in [0.1, 0.15) is 17.3 Å². The van der Waals surface area contributed by atoms with Crippen molar-refractivity contribution in [3.63, 3.8) is 0 Å². The van der Waals surface area contributed by atoms with Gasteiger partial charge >= 0.3 is 5.97 Å². The molecule has 0 aliphatic heterocycles. The van der Waals surface area contributed by atoms with Crippen molar-refractivity contribution in [3.05, 3.63) is 11.6 Å². The van der Waals surface area contributed by atoms with E-state index >= 15 is 0 Å². The smallest absolute Gasteiger partial charge is 0.339 e. The van der Waals surface area contributed by atoms with Crippen molar-refractivity contribution in [1.82, 2.24) is 0 Å². The second kappa shape index (κ2) is 5.29. The number of carbonyl (C=O) groups is 1. The Hall–Kier alpha value is -2.11. The summed E-state index contributed by atoms with van der Waals surface area (Å²) < 4.78 is 15.3. The normalized spacial score (nSPS) is 9.82. The van der Waals surface area contributed by atoms with Crippen LogP contribution in [0.15, 0.2) is 6.07 Å². The minimum atomic E-state index is -1.14. The van der Waals surface area contributed by atoms with Crippen LogP contribution >= 0.6 is 0 Å². The van der Waals surface area contributed by atoms with Gasteiger partial charge in [-0.25, -0.2) is 4.79 Å². The number of anilines is 1. The molecule has 0 radical (unpaired) electrons. The number of benzene rings is 1. The van der Waals surface area contributed by atoms with E-state index in [0.29, 0.717) is 6.61 Å².